The second-order valence-electron chi connectivity index (χ2n) is 5.69. The van der Waals surface area contributed by atoms with E-state index in [1.54, 1.807) is 0 Å². The zero-order chi connectivity index (χ0) is 12.6. The van der Waals surface area contributed by atoms with Crippen molar-refractivity contribution in [2.24, 2.45) is 5.73 Å². The van der Waals surface area contributed by atoms with Crippen LogP contribution in [0.4, 0.5) is 0 Å². The molecule has 98 valence electrons. The molecule has 0 aliphatic heterocycles. The molecule has 3 rings (SSSR count). The van der Waals surface area contributed by atoms with E-state index in [1.165, 1.54) is 11.1 Å². The highest BCUT2D eigenvalue weighted by Crippen LogP contribution is 2.37. The molecule has 3 nitrogen and oxygen atoms in total. The molecule has 0 bridgehead atoms. The number of hydrogen-bond donors (Lipinski definition) is 2. The SMILES string of the molecule is NC1CCc2c(OCC3(O)CCCC3)cccc21. The third-order valence-corrected chi connectivity index (χ3v) is 4.30. The van der Waals surface area contributed by atoms with Crippen molar-refractivity contribution in [2.75, 3.05) is 6.61 Å². The quantitative estimate of drug-likeness (QED) is 0.861. The Morgan fingerprint density at radius 1 is 1.33 bits per heavy atom. The highest BCUT2D eigenvalue weighted by atomic mass is 16.5. The lowest BCUT2D eigenvalue weighted by Crippen LogP contribution is -2.32. The second-order valence-corrected chi connectivity index (χ2v) is 5.69. The Morgan fingerprint density at radius 3 is 2.89 bits per heavy atom. The molecule has 1 fully saturated rings. The van der Waals surface area contributed by atoms with Crippen LogP contribution in [-0.2, 0) is 6.42 Å². The highest BCUT2D eigenvalue weighted by Gasteiger charge is 2.32. The van der Waals surface area contributed by atoms with Gasteiger partial charge < -0.3 is 15.6 Å². The maximum atomic E-state index is 10.3. The average Bonchev–Trinajstić information content (AvgIpc) is 2.96. The molecule has 3 N–H and O–H groups in total. The molecule has 0 aromatic heterocycles. The van der Waals surface area contributed by atoms with Crippen LogP contribution in [0.25, 0.3) is 0 Å². The number of rotatable bonds is 3. The van der Waals surface area contributed by atoms with Crippen LogP contribution in [0.15, 0.2) is 18.2 Å². The average molecular weight is 247 g/mol. The van der Waals surface area contributed by atoms with Gasteiger partial charge in [-0.05, 0) is 42.9 Å². The molecule has 0 heterocycles. The molecule has 1 aromatic carbocycles. The first-order valence-corrected chi connectivity index (χ1v) is 6.90. The molecule has 0 amide bonds. The topological polar surface area (TPSA) is 55.5 Å². The zero-order valence-corrected chi connectivity index (χ0v) is 10.7. The van der Waals surface area contributed by atoms with E-state index in [1.807, 2.05) is 12.1 Å². The third-order valence-electron chi connectivity index (χ3n) is 4.30. The fraction of sp³-hybridized carbons (Fsp3) is 0.600. The number of aliphatic hydroxyl groups is 1. The summed E-state index contributed by atoms with van der Waals surface area (Å²) < 4.78 is 5.88. The van der Waals surface area contributed by atoms with Gasteiger partial charge in [0.25, 0.3) is 0 Å². The summed E-state index contributed by atoms with van der Waals surface area (Å²) in [5.41, 5.74) is 7.90. The molecule has 3 heteroatoms. The van der Waals surface area contributed by atoms with Gasteiger partial charge in [0.2, 0.25) is 0 Å². The van der Waals surface area contributed by atoms with Crippen LogP contribution >= 0.6 is 0 Å². The molecule has 0 saturated heterocycles. The molecule has 1 aromatic rings. The molecule has 2 aliphatic carbocycles. The van der Waals surface area contributed by atoms with Crippen molar-refractivity contribution in [3.8, 4) is 5.75 Å². The van der Waals surface area contributed by atoms with Gasteiger partial charge in [0.05, 0.1) is 5.60 Å². The third kappa shape index (κ3) is 2.13. The van der Waals surface area contributed by atoms with Gasteiger partial charge in [-0.2, -0.15) is 0 Å². The summed E-state index contributed by atoms with van der Waals surface area (Å²) in [6.45, 7) is 0.415. The first-order chi connectivity index (χ1) is 8.68. The summed E-state index contributed by atoms with van der Waals surface area (Å²) in [6.07, 6.45) is 5.93. The predicted molar refractivity (Wildman–Crippen MR) is 70.6 cm³/mol. The van der Waals surface area contributed by atoms with E-state index in [2.05, 4.69) is 6.07 Å². The fourth-order valence-electron chi connectivity index (χ4n) is 3.18. The summed E-state index contributed by atoms with van der Waals surface area (Å²) in [5.74, 6) is 0.917. The monoisotopic (exact) mass is 247 g/mol. The van der Waals surface area contributed by atoms with Crippen molar-refractivity contribution in [3.05, 3.63) is 29.3 Å². The van der Waals surface area contributed by atoms with Crippen LogP contribution in [0.2, 0.25) is 0 Å². The van der Waals surface area contributed by atoms with E-state index >= 15 is 0 Å². The van der Waals surface area contributed by atoms with E-state index in [0.717, 1.165) is 44.3 Å². The van der Waals surface area contributed by atoms with Crippen LogP contribution in [0.3, 0.4) is 0 Å². The van der Waals surface area contributed by atoms with Crippen molar-refractivity contribution in [3.63, 3.8) is 0 Å². The molecule has 0 spiro atoms. The lowest BCUT2D eigenvalue weighted by molar-refractivity contribution is 0.00116. The number of benzene rings is 1. The number of hydrogen-bond acceptors (Lipinski definition) is 3. The highest BCUT2D eigenvalue weighted by molar-refractivity contribution is 5.44. The summed E-state index contributed by atoms with van der Waals surface area (Å²) in [6, 6.07) is 6.23. The Bertz CT molecular complexity index is 438. The second kappa shape index (κ2) is 4.56. The van der Waals surface area contributed by atoms with Gasteiger partial charge in [0, 0.05) is 6.04 Å². The number of ether oxygens (including phenoxy) is 1. The van der Waals surface area contributed by atoms with E-state index in [0.29, 0.717) is 6.61 Å². The lowest BCUT2D eigenvalue weighted by Gasteiger charge is -2.23. The van der Waals surface area contributed by atoms with E-state index in [9.17, 15) is 5.11 Å². The van der Waals surface area contributed by atoms with Gasteiger partial charge >= 0.3 is 0 Å². The van der Waals surface area contributed by atoms with Gasteiger partial charge in [0.1, 0.15) is 12.4 Å². The van der Waals surface area contributed by atoms with Gasteiger partial charge in [-0.3, -0.25) is 0 Å². The van der Waals surface area contributed by atoms with Crippen LogP contribution < -0.4 is 10.5 Å². The van der Waals surface area contributed by atoms with E-state index < -0.39 is 5.60 Å². The summed E-state index contributed by atoms with van der Waals surface area (Å²) in [7, 11) is 0. The standard InChI is InChI=1S/C15H21NO2/c16-13-7-6-12-11(13)4-3-5-14(12)18-10-15(17)8-1-2-9-15/h3-5,13,17H,1-2,6-10,16H2. The molecule has 1 saturated carbocycles. The van der Waals surface area contributed by atoms with Crippen LogP contribution in [-0.4, -0.2) is 17.3 Å². The molecule has 1 atom stereocenters. The lowest BCUT2D eigenvalue weighted by atomic mass is 10.0. The summed E-state index contributed by atoms with van der Waals surface area (Å²) >= 11 is 0. The molecule has 0 radical (unpaired) electrons. The van der Waals surface area contributed by atoms with Gasteiger partial charge in [-0.1, -0.05) is 25.0 Å². The number of fused-ring (bicyclic) bond motifs is 1. The van der Waals surface area contributed by atoms with Gasteiger partial charge in [-0.15, -0.1) is 0 Å². The Morgan fingerprint density at radius 2 is 2.11 bits per heavy atom. The van der Waals surface area contributed by atoms with Crippen LogP contribution in [0.1, 0.15) is 49.3 Å². The summed E-state index contributed by atoms with van der Waals surface area (Å²) in [4.78, 5) is 0. The van der Waals surface area contributed by atoms with Crippen molar-refractivity contribution in [1.29, 1.82) is 0 Å². The van der Waals surface area contributed by atoms with Crippen LogP contribution in [0, 0.1) is 0 Å². The van der Waals surface area contributed by atoms with Gasteiger partial charge in [0.15, 0.2) is 0 Å². The minimum Gasteiger partial charge on any atom is -0.490 e. The van der Waals surface area contributed by atoms with Crippen molar-refractivity contribution < 1.29 is 9.84 Å². The van der Waals surface area contributed by atoms with E-state index in [4.69, 9.17) is 10.5 Å². The molecular formula is C15H21NO2. The zero-order valence-electron chi connectivity index (χ0n) is 10.7. The molecule has 2 aliphatic rings. The molecule has 1 unspecified atom stereocenters. The Kier molecular flexibility index (Phi) is 3.04. The molecular weight excluding hydrogens is 226 g/mol. The number of nitrogens with two attached hydrogens (primary N) is 1. The largest absolute Gasteiger partial charge is 0.490 e. The smallest absolute Gasteiger partial charge is 0.122 e. The minimum absolute atomic E-state index is 0.151. The first-order valence-electron chi connectivity index (χ1n) is 6.90. The van der Waals surface area contributed by atoms with Crippen molar-refractivity contribution in [2.45, 2.75) is 50.2 Å². The van der Waals surface area contributed by atoms with E-state index in [-0.39, 0.29) is 6.04 Å². The Hall–Kier alpha value is -1.06. The van der Waals surface area contributed by atoms with Crippen molar-refractivity contribution in [1.82, 2.24) is 0 Å². The predicted octanol–water partition coefficient (Wildman–Crippen LogP) is 2.32. The fourth-order valence-corrected chi connectivity index (χ4v) is 3.18. The Balaban J connectivity index is 1.74. The summed E-state index contributed by atoms with van der Waals surface area (Å²) in [5, 5.41) is 10.3. The first kappa shape index (κ1) is 12.0. The maximum Gasteiger partial charge on any atom is 0.122 e. The Labute approximate surface area is 108 Å². The minimum atomic E-state index is -0.608. The molecule has 18 heavy (non-hydrogen) atoms. The maximum absolute atomic E-state index is 10.3. The van der Waals surface area contributed by atoms with Crippen LogP contribution in [0.5, 0.6) is 5.75 Å². The van der Waals surface area contributed by atoms with Gasteiger partial charge in [-0.25, -0.2) is 0 Å². The normalized spacial score (nSPS) is 25.1. The van der Waals surface area contributed by atoms with Crippen molar-refractivity contribution >= 4 is 0 Å².